The minimum atomic E-state index is -0.594. The summed E-state index contributed by atoms with van der Waals surface area (Å²) in [4.78, 5) is 4.50. The average molecular weight is 251 g/mol. The predicted molar refractivity (Wildman–Crippen MR) is 60.9 cm³/mol. The summed E-state index contributed by atoms with van der Waals surface area (Å²) in [7, 11) is 0. The van der Waals surface area contributed by atoms with Gasteiger partial charge in [-0.1, -0.05) is 5.16 Å². The van der Waals surface area contributed by atoms with Gasteiger partial charge in [0.05, 0.1) is 24.7 Å². The van der Waals surface area contributed by atoms with Crippen molar-refractivity contribution >= 4 is 0 Å². The molecule has 18 heavy (non-hydrogen) atoms. The van der Waals surface area contributed by atoms with E-state index in [2.05, 4.69) is 10.1 Å². The van der Waals surface area contributed by atoms with Crippen LogP contribution in [-0.4, -0.2) is 35.6 Å². The van der Waals surface area contributed by atoms with Gasteiger partial charge in [0.1, 0.15) is 5.54 Å². The summed E-state index contributed by atoms with van der Waals surface area (Å²) in [5.41, 5.74) is 5.62. The molecule has 0 aliphatic carbocycles. The van der Waals surface area contributed by atoms with Crippen LogP contribution < -0.4 is 5.73 Å². The minimum absolute atomic E-state index is 0.272. The minimum Gasteiger partial charge on any atom is -0.379 e. The van der Waals surface area contributed by atoms with Crippen molar-refractivity contribution in [3.8, 4) is 0 Å². The second kappa shape index (κ2) is 3.76. The van der Waals surface area contributed by atoms with Crippen LogP contribution >= 0.6 is 0 Å². The van der Waals surface area contributed by atoms with Crippen molar-refractivity contribution in [3.05, 3.63) is 11.7 Å². The summed E-state index contributed by atoms with van der Waals surface area (Å²) in [5, 5.41) is 4.11. The lowest BCUT2D eigenvalue weighted by molar-refractivity contribution is 0.0996. The zero-order chi connectivity index (χ0) is 12.2. The Bertz CT molecular complexity index is 455. The van der Waals surface area contributed by atoms with Gasteiger partial charge >= 0.3 is 0 Å². The van der Waals surface area contributed by atoms with Crippen LogP contribution in [0.3, 0.4) is 0 Å². The van der Waals surface area contributed by atoms with E-state index in [1.54, 1.807) is 0 Å². The normalized spacial score (nSPS) is 42.8. The molecule has 3 aliphatic rings. The molecule has 98 valence electrons. The second-order valence-electron chi connectivity index (χ2n) is 5.63. The first-order valence-electron chi connectivity index (χ1n) is 6.61. The Balaban J connectivity index is 1.58. The highest BCUT2D eigenvalue weighted by Crippen LogP contribution is 2.43. The van der Waals surface area contributed by atoms with Gasteiger partial charge in [-0.2, -0.15) is 4.98 Å². The lowest BCUT2D eigenvalue weighted by Gasteiger charge is -2.16. The van der Waals surface area contributed by atoms with Crippen molar-refractivity contribution in [2.24, 2.45) is 5.73 Å². The summed E-state index contributed by atoms with van der Waals surface area (Å²) in [6, 6.07) is 0. The van der Waals surface area contributed by atoms with Crippen LogP contribution in [0.1, 0.15) is 43.3 Å². The van der Waals surface area contributed by atoms with Crippen LogP contribution in [0.2, 0.25) is 0 Å². The lowest BCUT2D eigenvalue weighted by Crippen LogP contribution is -2.37. The smallest absolute Gasteiger partial charge is 0.249 e. The molecule has 0 amide bonds. The molecule has 4 rings (SSSR count). The third-order valence-corrected chi connectivity index (χ3v) is 4.36. The number of ether oxygens (including phenoxy) is 2. The van der Waals surface area contributed by atoms with E-state index in [-0.39, 0.29) is 12.0 Å². The van der Waals surface area contributed by atoms with Crippen LogP contribution in [-0.2, 0) is 15.0 Å². The van der Waals surface area contributed by atoms with Gasteiger partial charge < -0.3 is 19.7 Å². The number of nitrogens with two attached hydrogens (primary N) is 1. The Kier molecular flexibility index (Phi) is 2.27. The highest BCUT2D eigenvalue weighted by Gasteiger charge is 2.45. The van der Waals surface area contributed by atoms with Gasteiger partial charge in [-0.15, -0.1) is 0 Å². The predicted octanol–water partition coefficient (Wildman–Crippen LogP) is 0.679. The molecule has 4 unspecified atom stereocenters. The summed E-state index contributed by atoms with van der Waals surface area (Å²) in [6.07, 6.45) is 4.69. The van der Waals surface area contributed by atoms with Crippen molar-refractivity contribution in [2.45, 2.75) is 49.3 Å². The van der Waals surface area contributed by atoms with Crippen LogP contribution in [0.5, 0.6) is 0 Å². The standard InChI is InChI=1S/C12H17N3O3/c13-12(3-4-16-6-12)11-14-10(15-18-11)8-5-7-1-2-9(8)17-7/h7-9H,1-6,13H2. The van der Waals surface area contributed by atoms with E-state index in [4.69, 9.17) is 19.7 Å². The lowest BCUT2D eigenvalue weighted by atomic mass is 9.89. The Labute approximate surface area is 105 Å². The van der Waals surface area contributed by atoms with Crippen LogP contribution in [0.4, 0.5) is 0 Å². The molecule has 0 aromatic carbocycles. The van der Waals surface area contributed by atoms with Gasteiger partial charge in [-0.05, 0) is 25.7 Å². The number of aromatic nitrogens is 2. The molecule has 2 bridgehead atoms. The molecular formula is C12H17N3O3. The molecule has 2 N–H and O–H groups in total. The maximum absolute atomic E-state index is 6.22. The molecule has 4 atom stereocenters. The molecule has 1 aromatic heterocycles. The Morgan fingerprint density at radius 2 is 2.28 bits per heavy atom. The third-order valence-electron chi connectivity index (χ3n) is 4.36. The van der Waals surface area contributed by atoms with Gasteiger partial charge in [-0.3, -0.25) is 0 Å². The van der Waals surface area contributed by atoms with Gasteiger partial charge in [0.25, 0.3) is 0 Å². The van der Waals surface area contributed by atoms with Gasteiger partial charge in [0.2, 0.25) is 5.89 Å². The van der Waals surface area contributed by atoms with Gasteiger partial charge in [-0.25, -0.2) is 0 Å². The Hall–Kier alpha value is -0.980. The molecule has 3 saturated heterocycles. The Morgan fingerprint density at radius 1 is 1.33 bits per heavy atom. The SMILES string of the molecule is NC1(c2nc(C3CC4CCC3O4)no2)CCOC1. The van der Waals surface area contributed by atoms with E-state index in [9.17, 15) is 0 Å². The number of hydrogen-bond acceptors (Lipinski definition) is 6. The molecular weight excluding hydrogens is 234 g/mol. The first-order chi connectivity index (χ1) is 8.74. The topological polar surface area (TPSA) is 83.4 Å². The fourth-order valence-electron chi connectivity index (χ4n) is 3.25. The van der Waals surface area contributed by atoms with Crippen molar-refractivity contribution < 1.29 is 14.0 Å². The molecule has 0 radical (unpaired) electrons. The fraction of sp³-hybridized carbons (Fsp3) is 0.833. The van der Waals surface area contributed by atoms with Crippen LogP contribution in [0.15, 0.2) is 4.52 Å². The van der Waals surface area contributed by atoms with E-state index in [1.807, 2.05) is 0 Å². The van der Waals surface area contributed by atoms with Crippen molar-refractivity contribution in [3.63, 3.8) is 0 Å². The summed E-state index contributed by atoms with van der Waals surface area (Å²) in [6.45, 7) is 1.12. The van der Waals surface area contributed by atoms with Gasteiger partial charge in [0.15, 0.2) is 5.82 Å². The molecule has 6 heteroatoms. The molecule has 6 nitrogen and oxygen atoms in total. The first-order valence-corrected chi connectivity index (χ1v) is 6.61. The highest BCUT2D eigenvalue weighted by molar-refractivity contribution is 5.11. The van der Waals surface area contributed by atoms with Crippen LogP contribution in [0, 0.1) is 0 Å². The average Bonchev–Trinajstić information content (AvgIpc) is 3.13. The number of fused-ring (bicyclic) bond motifs is 2. The number of nitrogens with zero attached hydrogens (tertiary/aromatic N) is 2. The van der Waals surface area contributed by atoms with Crippen molar-refractivity contribution in [2.75, 3.05) is 13.2 Å². The highest BCUT2D eigenvalue weighted by atomic mass is 16.5. The number of rotatable bonds is 2. The summed E-state index contributed by atoms with van der Waals surface area (Å²) in [5.74, 6) is 1.55. The van der Waals surface area contributed by atoms with E-state index in [0.29, 0.717) is 25.2 Å². The number of hydrogen-bond donors (Lipinski definition) is 1. The first kappa shape index (κ1) is 10.9. The molecule has 0 saturated carbocycles. The van der Waals surface area contributed by atoms with Crippen molar-refractivity contribution in [1.82, 2.24) is 10.1 Å². The van der Waals surface area contributed by atoms with Crippen molar-refractivity contribution in [1.29, 1.82) is 0 Å². The summed E-state index contributed by atoms with van der Waals surface area (Å²) < 4.78 is 16.5. The third kappa shape index (κ3) is 1.52. The zero-order valence-electron chi connectivity index (χ0n) is 10.2. The quantitative estimate of drug-likeness (QED) is 0.832. The Morgan fingerprint density at radius 3 is 2.94 bits per heavy atom. The molecule has 3 fully saturated rings. The monoisotopic (exact) mass is 251 g/mol. The zero-order valence-corrected chi connectivity index (χ0v) is 10.2. The largest absolute Gasteiger partial charge is 0.379 e. The molecule has 3 aliphatic heterocycles. The van der Waals surface area contributed by atoms with Gasteiger partial charge in [0, 0.05) is 6.61 Å². The summed E-state index contributed by atoms with van der Waals surface area (Å²) >= 11 is 0. The molecule has 1 aromatic rings. The maximum atomic E-state index is 6.22. The molecule has 4 heterocycles. The van der Waals surface area contributed by atoms with E-state index < -0.39 is 5.54 Å². The fourth-order valence-corrected chi connectivity index (χ4v) is 3.25. The van der Waals surface area contributed by atoms with E-state index >= 15 is 0 Å². The van der Waals surface area contributed by atoms with E-state index in [0.717, 1.165) is 25.1 Å². The molecule has 0 spiro atoms. The van der Waals surface area contributed by atoms with Crippen LogP contribution in [0.25, 0.3) is 0 Å². The maximum Gasteiger partial charge on any atom is 0.249 e. The van der Waals surface area contributed by atoms with E-state index in [1.165, 1.54) is 6.42 Å². The second-order valence-corrected chi connectivity index (χ2v) is 5.63.